The first-order chi connectivity index (χ1) is 13.1. The molecule has 0 aromatic heterocycles. The van der Waals surface area contributed by atoms with E-state index in [2.05, 4.69) is 26.5 Å². The van der Waals surface area contributed by atoms with Crippen LogP contribution in [0.25, 0.3) is 0 Å². The van der Waals surface area contributed by atoms with E-state index in [1.165, 1.54) is 0 Å². The summed E-state index contributed by atoms with van der Waals surface area (Å²) in [5, 5.41) is 5.85. The number of nitrogens with zero attached hydrogens (tertiary/aromatic N) is 2. The van der Waals surface area contributed by atoms with Gasteiger partial charge in [0, 0.05) is 25.6 Å². The monoisotopic (exact) mass is 520 g/mol. The minimum atomic E-state index is -0.321. The number of piperidine rings is 2. The maximum Gasteiger partial charge on any atom is 1.00 e. The molecule has 2 atom stereocenters. The number of fused-ring (bicyclic) bond motifs is 1. The molecule has 1 aromatic carbocycles. The first kappa shape index (κ1) is 25.0. The third-order valence-corrected chi connectivity index (χ3v) is 5.89. The van der Waals surface area contributed by atoms with Crippen LogP contribution in [0.4, 0.5) is 11.4 Å². The van der Waals surface area contributed by atoms with E-state index in [0.717, 1.165) is 43.1 Å². The average molecular weight is 520 g/mol. The number of imide groups is 1. The summed E-state index contributed by atoms with van der Waals surface area (Å²) >= 11 is 0. The second-order valence-electron chi connectivity index (χ2n) is 7.72. The quantitative estimate of drug-likeness (QED) is 0.383. The van der Waals surface area contributed by atoms with Crippen LogP contribution in [-0.4, -0.2) is 56.7 Å². The minimum Gasteiger partial charge on any atom is -0.485 e. The van der Waals surface area contributed by atoms with E-state index in [1.807, 2.05) is 26.1 Å². The van der Waals surface area contributed by atoms with Crippen molar-refractivity contribution < 1.29 is 83.2 Å². The summed E-state index contributed by atoms with van der Waals surface area (Å²) in [6, 6.07) is 6.42. The van der Waals surface area contributed by atoms with Gasteiger partial charge in [-0.15, -0.1) is 0 Å². The van der Waals surface area contributed by atoms with Gasteiger partial charge in [0.05, 0.1) is 17.9 Å². The summed E-state index contributed by atoms with van der Waals surface area (Å²) in [6.45, 7) is 4.65. The molecule has 1 unspecified atom stereocenters. The number of amides is 2. The van der Waals surface area contributed by atoms with Crippen LogP contribution in [0, 0.1) is 7.43 Å². The van der Waals surface area contributed by atoms with Gasteiger partial charge in [-0.25, -0.2) is 0 Å². The SMILES string of the molecule is CNC1CCN(c2cccc3c2O[C@@H](C)CN3C2CCC(=O)NC2=O)CC1.[CH3-].[Cs+]. The maximum atomic E-state index is 12.4. The molecule has 4 rings (SSSR count). The van der Waals surface area contributed by atoms with Crippen LogP contribution in [0.1, 0.15) is 32.6 Å². The van der Waals surface area contributed by atoms with Gasteiger partial charge in [0.1, 0.15) is 12.1 Å². The van der Waals surface area contributed by atoms with Crippen molar-refractivity contribution in [2.24, 2.45) is 0 Å². The van der Waals surface area contributed by atoms with Crippen LogP contribution < -0.4 is 94.1 Å². The Morgan fingerprint density at radius 2 is 1.83 bits per heavy atom. The Labute approximate surface area is 232 Å². The zero-order valence-corrected chi connectivity index (χ0v) is 24.3. The van der Waals surface area contributed by atoms with Gasteiger partial charge in [-0.1, -0.05) is 6.07 Å². The smallest absolute Gasteiger partial charge is 0.485 e. The fraction of sp³-hybridized carbons (Fsp3) is 0.571. The van der Waals surface area contributed by atoms with Crippen LogP contribution in [0.2, 0.25) is 0 Å². The van der Waals surface area contributed by atoms with Gasteiger partial charge >= 0.3 is 68.9 Å². The van der Waals surface area contributed by atoms with Gasteiger partial charge in [0.2, 0.25) is 11.8 Å². The second kappa shape index (κ2) is 10.9. The summed E-state index contributed by atoms with van der Waals surface area (Å²) in [6.07, 6.45) is 3.13. The Morgan fingerprint density at radius 1 is 1.14 bits per heavy atom. The minimum absolute atomic E-state index is 0. The van der Waals surface area contributed by atoms with E-state index >= 15 is 0 Å². The van der Waals surface area contributed by atoms with Gasteiger partial charge in [-0.05, 0) is 45.4 Å². The number of hydrogen-bond donors (Lipinski definition) is 2. The predicted molar refractivity (Wildman–Crippen MR) is 111 cm³/mol. The summed E-state index contributed by atoms with van der Waals surface area (Å²) in [5.41, 5.74) is 2.06. The molecule has 2 N–H and O–H groups in total. The van der Waals surface area contributed by atoms with Crippen LogP contribution >= 0.6 is 0 Å². The molecular formula is C21H31CsN4O3. The molecule has 3 aliphatic heterocycles. The van der Waals surface area contributed by atoms with Gasteiger partial charge in [0.25, 0.3) is 0 Å². The molecule has 3 heterocycles. The van der Waals surface area contributed by atoms with Gasteiger partial charge in [0.15, 0.2) is 5.75 Å². The normalized spacial score (nSPS) is 24.6. The Morgan fingerprint density at radius 3 is 2.48 bits per heavy atom. The van der Waals surface area contributed by atoms with Gasteiger partial charge < -0.3 is 27.3 Å². The van der Waals surface area contributed by atoms with E-state index in [4.69, 9.17) is 4.74 Å². The molecule has 2 amide bonds. The summed E-state index contributed by atoms with van der Waals surface area (Å²) in [5.74, 6) is 0.481. The maximum absolute atomic E-state index is 12.4. The number of rotatable bonds is 3. The molecule has 1 aromatic rings. The summed E-state index contributed by atoms with van der Waals surface area (Å²) in [7, 11) is 2.02. The molecule has 29 heavy (non-hydrogen) atoms. The third-order valence-electron chi connectivity index (χ3n) is 5.89. The van der Waals surface area contributed by atoms with Crippen molar-refractivity contribution in [1.29, 1.82) is 0 Å². The number of anilines is 2. The molecule has 7 nitrogen and oxygen atoms in total. The Kier molecular flexibility index (Phi) is 9.39. The first-order valence-electron chi connectivity index (χ1n) is 9.89. The molecule has 154 valence electrons. The molecule has 2 saturated heterocycles. The van der Waals surface area contributed by atoms with E-state index in [1.54, 1.807) is 0 Å². The number of ether oxygens (including phenoxy) is 1. The standard InChI is InChI=1S/C20H28N4O3.CH3.Cs/c1-13-12-24(17-6-7-18(25)22-20(17)26)16-5-3-4-15(19(16)27-13)23-10-8-14(21-2)9-11-23;;/h3-5,13-14,17,21H,6-12H2,1-2H3,(H,22,25,26);1H3;/q;-1;+1/t13-,17?;;/m0../s1. The summed E-state index contributed by atoms with van der Waals surface area (Å²) in [4.78, 5) is 28.5. The molecule has 0 spiro atoms. The van der Waals surface area contributed by atoms with Crippen molar-refractivity contribution in [1.82, 2.24) is 10.6 Å². The van der Waals surface area contributed by atoms with Crippen molar-refractivity contribution >= 4 is 23.2 Å². The molecule has 2 fully saturated rings. The molecule has 0 aliphatic carbocycles. The zero-order chi connectivity index (χ0) is 19.0. The molecular weight excluding hydrogens is 489 g/mol. The fourth-order valence-corrected chi connectivity index (χ4v) is 4.41. The van der Waals surface area contributed by atoms with E-state index in [0.29, 0.717) is 25.4 Å². The largest absolute Gasteiger partial charge is 1.00 e. The van der Waals surface area contributed by atoms with E-state index < -0.39 is 0 Å². The predicted octanol–water partition coefficient (Wildman–Crippen LogP) is -1.28. The first-order valence-corrected chi connectivity index (χ1v) is 9.89. The van der Waals surface area contributed by atoms with Crippen molar-refractivity contribution in [3.8, 4) is 5.75 Å². The fourth-order valence-electron chi connectivity index (χ4n) is 4.41. The van der Waals surface area contributed by atoms with Gasteiger partial charge in [-0.3, -0.25) is 14.9 Å². The zero-order valence-electron chi connectivity index (χ0n) is 18.0. The van der Waals surface area contributed by atoms with Crippen molar-refractivity contribution in [2.45, 2.75) is 50.8 Å². The second-order valence-corrected chi connectivity index (χ2v) is 7.72. The molecule has 0 bridgehead atoms. The van der Waals surface area contributed by atoms with E-state index in [-0.39, 0.29) is 100 Å². The summed E-state index contributed by atoms with van der Waals surface area (Å²) < 4.78 is 6.25. The Balaban J connectivity index is 0.00000150. The van der Waals surface area contributed by atoms with Crippen LogP contribution in [-0.2, 0) is 9.59 Å². The van der Waals surface area contributed by atoms with Gasteiger partial charge in [-0.2, -0.15) is 0 Å². The number of hydrogen-bond acceptors (Lipinski definition) is 6. The van der Waals surface area contributed by atoms with Crippen LogP contribution in [0.15, 0.2) is 18.2 Å². The number of carbonyl (C=O) groups excluding carboxylic acids is 2. The van der Waals surface area contributed by atoms with Crippen LogP contribution in [0.3, 0.4) is 0 Å². The van der Waals surface area contributed by atoms with Crippen molar-refractivity contribution in [3.05, 3.63) is 25.6 Å². The molecule has 0 saturated carbocycles. The third kappa shape index (κ3) is 5.34. The Hall–Kier alpha value is -0.228. The molecule has 8 heteroatoms. The molecule has 3 aliphatic rings. The van der Waals surface area contributed by atoms with E-state index in [9.17, 15) is 9.59 Å². The van der Waals surface area contributed by atoms with Crippen molar-refractivity contribution in [3.63, 3.8) is 0 Å². The topological polar surface area (TPSA) is 73.9 Å². The number of nitrogens with one attached hydrogen (secondary N) is 2. The number of benzene rings is 1. The molecule has 0 radical (unpaired) electrons. The Bertz CT molecular complexity index is 737. The van der Waals surface area contributed by atoms with Crippen LogP contribution in [0.5, 0.6) is 5.75 Å². The number of carbonyl (C=O) groups is 2. The number of para-hydroxylation sites is 1. The average Bonchev–Trinajstić information content (AvgIpc) is 2.67. The van der Waals surface area contributed by atoms with Crippen molar-refractivity contribution in [2.75, 3.05) is 36.5 Å².